The Balaban J connectivity index is 1.80. The second-order valence-corrected chi connectivity index (χ2v) is 9.36. The van der Waals surface area contributed by atoms with E-state index in [2.05, 4.69) is 0 Å². The summed E-state index contributed by atoms with van der Waals surface area (Å²) >= 11 is 0. The zero-order chi connectivity index (χ0) is 27.5. The van der Waals surface area contributed by atoms with Crippen molar-refractivity contribution in [1.29, 1.82) is 0 Å². The van der Waals surface area contributed by atoms with Crippen LogP contribution in [0.2, 0.25) is 0 Å². The van der Waals surface area contributed by atoms with E-state index in [4.69, 9.17) is 13.9 Å². The van der Waals surface area contributed by atoms with E-state index in [0.29, 0.717) is 5.56 Å². The molecule has 1 aromatic heterocycles. The van der Waals surface area contributed by atoms with Crippen LogP contribution >= 0.6 is 0 Å². The molecular weight excluding hydrogens is 508 g/mol. The Hall–Kier alpha value is -3.27. The van der Waals surface area contributed by atoms with Crippen LogP contribution in [0.4, 0.5) is 0 Å². The zero-order valence-corrected chi connectivity index (χ0v) is 19.6. The number of aliphatic hydroxyl groups is 6. The van der Waals surface area contributed by atoms with Gasteiger partial charge in [-0.15, -0.1) is 0 Å². The van der Waals surface area contributed by atoms with Crippen LogP contribution in [0.15, 0.2) is 39.5 Å². The third-order valence-electron chi connectivity index (χ3n) is 6.92. The number of aromatic hydroxyl groups is 3. The van der Waals surface area contributed by atoms with Crippen molar-refractivity contribution in [2.75, 3.05) is 13.2 Å². The first kappa shape index (κ1) is 26.3. The highest BCUT2D eigenvalue weighted by molar-refractivity contribution is 5.91. The van der Waals surface area contributed by atoms with Gasteiger partial charge in [0, 0.05) is 11.6 Å². The third kappa shape index (κ3) is 4.19. The number of fused-ring (bicyclic) bond motifs is 1. The van der Waals surface area contributed by atoms with Gasteiger partial charge in [0.15, 0.2) is 11.0 Å². The van der Waals surface area contributed by atoms with Gasteiger partial charge in [0.2, 0.25) is 0 Å². The lowest BCUT2D eigenvalue weighted by Crippen LogP contribution is -2.49. The molecule has 2 fully saturated rings. The first-order valence-electron chi connectivity index (χ1n) is 11.7. The molecule has 2 saturated heterocycles. The van der Waals surface area contributed by atoms with Crippen molar-refractivity contribution in [2.45, 2.75) is 48.8 Å². The number of phenols is 3. The summed E-state index contributed by atoms with van der Waals surface area (Å²) in [6.45, 7) is -0.966. The maximum absolute atomic E-state index is 13.3. The molecule has 0 bridgehead atoms. The Morgan fingerprint density at radius 3 is 1.76 bits per heavy atom. The van der Waals surface area contributed by atoms with Crippen LogP contribution in [-0.2, 0) is 9.47 Å². The van der Waals surface area contributed by atoms with Gasteiger partial charge in [0.25, 0.3) is 0 Å². The fourth-order valence-electron chi connectivity index (χ4n) is 4.83. The third-order valence-corrected chi connectivity index (χ3v) is 6.92. The molecule has 2 aromatic carbocycles. The lowest BCUT2D eigenvalue weighted by Gasteiger charge is -2.38. The SMILES string of the molecule is O=c1cc(-c2ccc(O)cc2)oc2c([C@@H]3OC[C@H](O)[C@H](O)[C@H]3O)c(O)c([C@@H]3OC[C@H](O)[C@H](O)[C@H]3O)c(O)c12. The van der Waals surface area contributed by atoms with E-state index < -0.39 is 101 Å². The van der Waals surface area contributed by atoms with Crippen molar-refractivity contribution in [3.63, 3.8) is 0 Å². The molecule has 8 atom stereocenters. The van der Waals surface area contributed by atoms with Crippen molar-refractivity contribution < 1.29 is 59.8 Å². The zero-order valence-electron chi connectivity index (χ0n) is 19.6. The molecule has 204 valence electrons. The van der Waals surface area contributed by atoms with Crippen molar-refractivity contribution in [1.82, 2.24) is 0 Å². The molecule has 9 N–H and O–H groups in total. The van der Waals surface area contributed by atoms with E-state index in [9.17, 15) is 50.8 Å². The topological polar surface area (TPSA) is 231 Å². The smallest absolute Gasteiger partial charge is 0.197 e. The van der Waals surface area contributed by atoms with E-state index in [-0.39, 0.29) is 11.5 Å². The van der Waals surface area contributed by atoms with Gasteiger partial charge in [-0.05, 0) is 24.3 Å². The molecular formula is C25H26O13. The molecule has 3 heterocycles. The van der Waals surface area contributed by atoms with Gasteiger partial charge >= 0.3 is 0 Å². The number of rotatable bonds is 3. The Labute approximate surface area is 213 Å². The number of aliphatic hydroxyl groups excluding tert-OH is 6. The molecule has 0 saturated carbocycles. The first-order valence-corrected chi connectivity index (χ1v) is 11.7. The Morgan fingerprint density at radius 1 is 0.684 bits per heavy atom. The van der Waals surface area contributed by atoms with E-state index in [0.717, 1.165) is 6.07 Å². The monoisotopic (exact) mass is 534 g/mol. The number of phenolic OH excluding ortho intramolecular Hbond substituents is 3. The molecule has 5 rings (SSSR count). The molecule has 0 unspecified atom stereocenters. The van der Waals surface area contributed by atoms with Crippen molar-refractivity contribution in [2.24, 2.45) is 0 Å². The minimum Gasteiger partial charge on any atom is -0.508 e. The van der Waals surface area contributed by atoms with E-state index >= 15 is 0 Å². The molecule has 3 aromatic rings. The summed E-state index contributed by atoms with van der Waals surface area (Å²) in [6, 6.07) is 6.60. The average molecular weight is 534 g/mol. The van der Waals surface area contributed by atoms with Gasteiger partial charge in [-0.2, -0.15) is 0 Å². The Morgan fingerprint density at radius 2 is 1.21 bits per heavy atom. The molecule has 0 radical (unpaired) electrons. The van der Waals surface area contributed by atoms with Crippen LogP contribution in [0.5, 0.6) is 17.2 Å². The van der Waals surface area contributed by atoms with Crippen LogP contribution < -0.4 is 5.43 Å². The van der Waals surface area contributed by atoms with Crippen LogP contribution in [0.3, 0.4) is 0 Å². The van der Waals surface area contributed by atoms with Crippen LogP contribution in [-0.4, -0.2) is 95.8 Å². The number of ether oxygens (including phenoxy) is 2. The molecule has 2 aliphatic rings. The molecule has 2 aliphatic heterocycles. The van der Waals surface area contributed by atoms with Crippen molar-refractivity contribution in [3.8, 4) is 28.6 Å². The standard InChI is InChI=1S/C25H26O13/c26-9-3-1-8(2-4-9)13-5-10(27)14-19(32)15(24-21(34)17(30)11(28)6-36-24)20(33)16(23(14)38-13)25-22(35)18(31)12(29)7-37-25/h1-5,11-12,17-18,21-22,24-26,28-35H,6-7H2/t11-,12-,17-,18-,21+,22+,24-,25-/m0/s1. The normalized spacial score (nSPS) is 31.9. The van der Waals surface area contributed by atoms with Gasteiger partial charge in [-0.1, -0.05) is 0 Å². The molecule has 13 nitrogen and oxygen atoms in total. The minimum atomic E-state index is -1.85. The highest BCUT2D eigenvalue weighted by atomic mass is 16.5. The second-order valence-electron chi connectivity index (χ2n) is 9.36. The lowest BCUT2D eigenvalue weighted by atomic mass is 9.87. The number of hydrogen-bond acceptors (Lipinski definition) is 13. The predicted octanol–water partition coefficient (Wildman–Crippen LogP) is -1.12. The largest absolute Gasteiger partial charge is 0.508 e. The number of benzene rings is 2. The van der Waals surface area contributed by atoms with Crippen LogP contribution in [0.25, 0.3) is 22.3 Å². The van der Waals surface area contributed by atoms with E-state index in [1.807, 2.05) is 0 Å². The maximum atomic E-state index is 13.3. The molecule has 0 amide bonds. The van der Waals surface area contributed by atoms with Gasteiger partial charge in [0.1, 0.15) is 77.2 Å². The average Bonchev–Trinajstić information content (AvgIpc) is 2.88. The molecule has 38 heavy (non-hydrogen) atoms. The maximum Gasteiger partial charge on any atom is 0.197 e. The quantitative estimate of drug-likeness (QED) is 0.194. The summed E-state index contributed by atoms with van der Waals surface area (Å²) < 4.78 is 16.8. The second kappa shape index (κ2) is 9.80. The molecule has 13 heteroatoms. The Kier molecular flexibility index (Phi) is 6.79. The summed E-state index contributed by atoms with van der Waals surface area (Å²) in [5.41, 5.74) is -1.86. The van der Waals surface area contributed by atoms with Gasteiger partial charge in [-0.3, -0.25) is 4.79 Å². The minimum absolute atomic E-state index is 0.0475. The summed E-state index contributed by atoms with van der Waals surface area (Å²) in [6.07, 6.45) is -13.3. The lowest BCUT2D eigenvalue weighted by molar-refractivity contribution is -0.191. The van der Waals surface area contributed by atoms with Crippen LogP contribution in [0, 0.1) is 0 Å². The van der Waals surface area contributed by atoms with Gasteiger partial charge in [-0.25, -0.2) is 0 Å². The van der Waals surface area contributed by atoms with Gasteiger partial charge in [0.05, 0.1) is 24.3 Å². The van der Waals surface area contributed by atoms with Gasteiger partial charge < -0.3 is 59.8 Å². The number of hydrogen-bond donors (Lipinski definition) is 9. The first-order chi connectivity index (χ1) is 18.0. The highest BCUT2D eigenvalue weighted by Crippen LogP contribution is 2.50. The van der Waals surface area contributed by atoms with Crippen molar-refractivity contribution in [3.05, 3.63) is 51.7 Å². The summed E-state index contributed by atoms with van der Waals surface area (Å²) in [5.74, 6) is -1.80. The predicted molar refractivity (Wildman–Crippen MR) is 126 cm³/mol. The summed E-state index contributed by atoms with van der Waals surface area (Å²) in [4.78, 5) is 13.3. The highest BCUT2D eigenvalue weighted by Gasteiger charge is 2.46. The van der Waals surface area contributed by atoms with Crippen LogP contribution in [0.1, 0.15) is 23.3 Å². The Bertz CT molecular complexity index is 1400. The summed E-state index contributed by atoms with van der Waals surface area (Å²) in [5, 5.41) is 93.1. The molecule has 0 aliphatic carbocycles. The molecule has 0 spiro atoms. The fourth-order valence-corrected chi connectivity index (χ4v) is 4.83. The van der Waals surface area contributed by atoms with Crippen molar-refractivity contribution >= 4 is 11.0 Å². The summed E-state index contributed by atoms with van der Waals surface area (Å²) in [7, 11) is 0. The van der Waals surface area contributed by atoms with E-state index in [1.165, 1.54) is 24.3 Å². The van der Waals surface area contributed by atoms with E-state index in [1.54, 1.807) is 0 Å². The fraction of sp³-hybridized carbons (Fsp3) is 0.400.